The van der Waals surface area contributed by atoms with Gasteiger partial charge in [0.25, 0.3) is 0 Å². The van der Waals surface area contributed by atoms with Gasteiger partial charge < -0.3 is 4.74 Å². The van der Waals surface area contributed by atoms with E-state index in [1.165, 1.54) is 0 Å². The lowest BCUT2D eigenvalue weighted by molar-refractivity contribution is -0.126. The lowest BCUT2D eigenvalue weighted by Crippen LogP contribution is -2.40. The average molecular weight is 250 g/mol. The summed E-state index contributed by atoms with van der Waals surface area (Å²) in [5, 5.41) is 0. The molecule has 2 aliphatic rings. The van der Waals surface area contributed by atoms with E-state index in [0.29, 0.717) is 5.78 Å². The third-order valence-corrected chi connectivity index (χ3v) is 4.40. The Hall–Kier alpha value is -0.790. The molecule has 0 N–H and O–H groups in total. The maximum atomic E-state index is 12.7. The van der Waals surface area contributed by atoms with Crippen LogP contribution in [0.15, 0.2) is 11.3 Å². The van der Waals surface area contributed by atoms with Crippen LogP contribution < -0.4 is 0 Å². The molecule has 2 nitrogen and oxygen atoms in total. The first-order valence-corrected chi connectivity index (χ1v) is 6.95. The summed E-state index contributed by atoms with van der Waals surface area (Å²) in [5.41, 5.74) is 0.421. The molecular formula is C16H26O2. The first-order chi connectivity index (χ1) is 7.97. The van der Waals surface area contributed by atoms with Crippen LogP contribution in [0.25, 0.3) is 0 Å². The fourth-order valence-corrected chi connectivity index (χ4v) is 3.19. The Kier molecular flexibility index (Phi) is 2.74. The van der Waals surface area contributed by atoms with Gasteiger partial charge in [-0.05, 0) is 26.7 Å². The van der Waals surface area contributed by atoms with Gasteiger partial charge in [-0.2, -0.15) is 0 Å². The molecular weight excluding hydrogens is 224 g/mol. The molecule has 2 heteroatoms. The van der Waals surface area contributed by atoms with Crippen LogP contribution in [0.5, 0.6) is 0 Å². The van der Waals surface area contributed by atoms with Crippen molar-refractivity contribution in [3.05, 3.63) is 11.3 Å². The minimum absolute atomic E-state index is 0.0928. The molecule has 1 atom stereocenters. The van der Waals surface area contributed by atoms with Crippen molar-refractivity contribution >= 4 is 5.78 Å². The van der Waals surface area contributed by atoms with Gasteiger partial charge in [0.15, 0.2) is 5.78 Å². The van der Waals surface area contributed by atoms with Crippen molar-refractivity contribution in [2.24, 2.45) is 16.7 Å². The van der Waals surface area contributed by atoms with Crippen LogP contribution in [0.1, 0.15) is 61.3 Å². The Morgan fingerprint density at radius 1 is 1.17 bits per heavy atom. The van der Waals surface area contributed by atoms with Crippen LogP contribution in [0, 0.1) is 16.7 Å². The van der Waals surface area contributed by atoms with Gasteiger partial charge >= 0.3 is 0 Å². The minimum Gasteiger partial charge on any atom is -0.491 e. The zero-order valence-corrected chi connectivity index (χ0v) is 12.8. The van der Waals surface area contributed by atoms with Crippen LogP contribution in [0.2, 0.25) is 0 Å². The maximum Gasteiger partial charge on any atom is 0.168 e. The number of fused-ring (bicyclic) bond motifs is 1. The third kappa shape index (κ3) is 1.90. The highest BCUT2D eigenvalue weighted by Crippen LogP contribution is 2.53. The molecule has 102 valence electrons. The normalized spacial score (nSPS) is 30.2. The number of carbonyl (C=O) groups is 1. The standard InChI is InChI=1S/C16H26O2/c1-14(2,3)13-11-10(16(6,7)18-13)8-9-15(4,5)12(11)17/h10H,8-9H2,1-7H3. The topological polar surface area (TPSA) is 26.3 Å². The number of carbonyl (C=O) groups excluding carboxylic acids is 1. The molecule has 0 bridgehead atoms. The van der Waals surface area contributed by atoms with Gasteiger partial charge in [0, 0.05) is 22.3 Å². The number of ether oxygens (including phenoxy) is 1. The molecule has 1 heterocycles. The molecule has 1 saturated carbocycles. The summed E-state index contributed by atoms with van der Waals surface area (Å²) >= 11 is 0. The van der Waals surface area contributed by atoms with Gasteiger partial charge in [0.05, 0.1) is 0 Å². The van der Waals surface area contributed by atoms with E-state index in [1.54, 1.807) is 0 Å². The Labute approximate surface area is 111 Å². The molecule has 0 amide bonds. The van der Waals surface area contributed by atoms with Crippen LogP contribution >= 0.6 is 0 Å². The van der Waals surface area contributed by atoms with Gasteiger partial charge in [-0.1, -0.05) is 34.6 Å². The summed E-state index contributed by atoms with van der Waals surface area (Å²) in [4.78, 5) is 12.7. The molecule has 1 aliphatic heterocycles. The molecule has 0 saturated heterocycles. The zero-order valence-electron chi connectivity index (χ0n) is 12.8. The third-order valence-electron chi connectivity index (χ3n) is 4.40. The summed E-state index contributed by atoms with van der Waals surface area (Å²) in [6.45, 7) is 14.7. The molecule has 1 aliphatic carbocycles. The van der Waals surface area contributed by atoms with Crippen molar-refractivity contribution in [1.82, 2.24) is 0 Å². The first-order valence-electron chi connectivity index (χ1n) is 6.95. The largest absolute Gasteiger partial charge is 0.491 e. The molecule has 2 rings (SSSR count). The second-order valence-electron chi connectivity index (χ2n) is 8.00. The SMILES string of the molecule is CC(C)(C)C1=C2C(=O)C(C)(C)CCC2C(C)(C)O1. The molecule has 0 spiro atoms. The molecule has 1 unspecified atom stereocenters. The van der Waals surface area contributed by atoms with E-state index in [4.69, 9.17) is 4.74 Å². The monoisotopic (exact) mass is 250 g/mol. The van der Waals surface area contributed by atoms with Crippen LogP contribution in [0.4, 0.5) is 0 Å². The van der Waals surface area contributed by atoms with Crippen LogP contribution in [0.3, 0.4) is 0 Å². The van der Waals surface area contributed by atoms with Crippen LogP contribution in [-0.2, 0) is 9.53 Å². The van der Waals surface area contributed by atoms with E-state index in [1.807, 2.05) is 0 Å². The van der Waals surface area contributed by atoms with Crippen molar-refractivity contribution in [1.29, 1.82) is 0 Å². The number of rotatable bonds is 0. The van der Waals surface area contributed by atoms with Gasteiger partial charge in [-0.3, -0.25) is 4.79 Å². The highest BCUT2D eigenvalue weighted by Gasteiger charge is 2.53. The Morgan fingerprint density at radius 3 is 2.22 bits per heavy atom. The molecule has 18 heavy (non-hydrogen) atoms. The fraction of sp³-hybridized carbons (Fsp3) is 0.812. The molecule has 0 radical (unpaired) electrons. The zero-order chi connectivity index (χ0) is 13.9. The van der Waals surface area contributed by atoms with E-state index in [-0.39, 0.29) is 22.3 Å². The maximum absolute atomic E-state index is 12.7. The van der Waals surface area contributed by atoms with E-state index >= 15 is 0 Å². The summed E-state index contributed by atoms with van der Waals surface area (Å²) < 4.78 is 6.18. The number of hydrogen-bond donors (Lipinski definition) is 0. The Balaban J connectivity index is 2.55. The molecule has 0 aromatic heterocycles. The van der Waals surface area contributed by atoms with Crippen molar-refractivity contribution in [2.45, 2.75) is 66.9 Å². The fourth-order valence-electron chi connectivity index (χ4n) is 3.19. The molecule has 1 fully saturated rings. The smallest absolute Gasteiger partial charge is 0.168 e. The van der Waals surface area contributed by atoms with Gasteiger partial charge in [-0.15, -0.1) is 0 Å². The average Bonchev–Trinajstić information content (AvgIpc) is 2.44. The summed E-state index contributed by atoms with van der Waals surface area (Å²) in [6, 6.07) is 0. The first kappa shape index (κ1) is 13.6. The van der Waals surface area contributed by atoms with Gasteiger partial charge in [0.1, 0.15) is 11.4 Å². The number of allylic oxidation sites excluding steroid dienone is 1. The summed E-state index contributed by atoms with van der Waals surface area (Å²) in [7, 11) is 0. The number of ketones is 1. The van der Waals surface area contributed by atoms with Crippen molar-refractivity contribution in [3.8, 4) is 0 Å². The highest BCUT2D eigenvalue weighted by atomic mass is 16.5. The number of hydrogen-bond acceptors (Lipinski definition) is 2. The van der Waals surface area contributed by atoms with E-state index in [9.17, 15) is 4.79 Å². The number of Topliss-reactive ketones (excluding diaryl/α,β-unsaturated/α-hetero) is 1. The summed E-state index contributed by atoms with van der Waals surface area (Å²) in [6.07, 6.45) is 2.02. The van der Waals surface area contributed by atoms with E-state index in [2.05, 4.69) is 48.5 Å². The lowest BCUT2D eigenvalue weighted by atomic mass is 9.65. The quantitative estimate of drug-likeness (QED) is 0.647. The Morgan fingerprint density at radius 2 is 1.72 bits per heavy atom. The van der Waals surface area contributed by atoms with Gasteiger partial charge in [-0.25, -0.2) is 0 Å². The predicted molar refractivity (Wildman–Crippen MR) is 73.2 cm³/mol. The molecule has 0 aromatic rings. The highest BCUT2D eigenvalue weighted by molar-refractivity contribution is 6.01. The van der Waals surface area contributed by atoms with Crippen molar-refractivity contribution in [2.75, 3.05) is 0 Å². The second-order valence-corrected chi connectivity index (χ2v) is 8.00. The van der Waals surface area contributed by atoms with E-state index in [0.717, 1.165) is 24.2 Å². The van der Waals surface area contributed by atoms with Crippen molar-refractivity contribution < 1.29 is 9.53 Å². The lowest BCUT2D eigenvalue weighted by Gasteiger charge is -2.36. The minimum atomic E-state index is -0.232. The van der Waals surface area contributed by atoms with Gasteiger partial charge in [0.2, 0.25) is 0 Å². The van der Waals surface area contributed by atoms with Crippen molar-refractivity contribution in [3.63, 3.8) is 0 Å². The predicted octanol–water partition coefficient (Wildman–Crippen LogP) is 4.10. The second kappa shape index (κ2) is 3.61. The summed E-state index contributed by atoms with van der Waals surface area (Å²) in [5.74, 6) is 1.50. The van der Waals surface area contributed by atoms with Crippen LogP contribution in [-0.4, -0.2) is 11.4 Å². The molecule has 0 aromatic carbocycles. The van der Waals surface area contributed by atoms with E-state index < -0.39 is 0 Å². The Bertz CT molecular complexity index is 419.